The predicted octanol–water partition coefficient (Wildman–Crippen LogP) is 2.04. The van der Waals surface area contributed by atoms with Gasteiger partial charge in [-0.1, -0.05) is 0 Å². The maximum atomic E-state index is 5.74. The lowest BCUT2D eigenvalue weighted by Crippen LogP contribution is -2.21. The van der Waals surface area contributed by atoms with Crippen molar-refractivity contribution in [1.82, 2.24) is 9.97 Å². The van der Waals surface area contributed by atoms with Crippen molar-refractivity contribution >= 4 is 0 Å². The van der Waals surface area contributed by atoms with Crippen molar-refractivity contribution in [2.24, 2.45) is 11.7 Å². The molecule has 4 nitrogen and oxygen atoms in total. The third-order valence-electron chi connectivity index (χ3n) is 3.49. The van der Waals surface area contributed by atoms with Crippen LogP contribution in [-0.4, -0.2) is 16.5 Å². The minimum Gasteiger partial charge on any atom is -0.440 e. The highest BCUT2D eigenvalue weighted by Gasteiger charge is 2.21. The molecule has 2 aromatic rings. The molecule has 1 aliphatic rings. The zero-order valence-electron chi connectivity index (χ0n) is 9.99. The molecule has 4 heteroatoms. The smallest absolute Gasteiger partial charge is 0.243 e. The number of hydrogen-bond acceptors (Lipinski definition) is 3. The standard InChI is InChI=1S/C13H17N3O/c1-8-7-15-13(17-8)12-5-10-3-2-9(6-14)4-11(10)16-12/h5,7,9,16H,2-4,6,14H2,1H3. The summed E-state index contributed by atoms with van der Waals surface area (Å²) in [7, 11) is 0. The van der Waals surface area contributed by atoms with Crippen molar-refractivity contribution in [1.29, 1.82) is 0 Å². The summed E-state index contributed by atoms with van der Waals surface area (Å²) in [6.45, 7) is 2.68. The average molecular weight is 231 g/mol. The Morgan fingerprint density at radius 2 is 2.47 bits per heavy atom. The Morgan fingerprint density at radius 3 is 3.18 bits per heavy atom. The molecular weight excluding hydrogens is 214 g/mol. The molecule has 0 fully saturated rings. The summed E-state index contributed by atoms with van der Waals surface area (Å²) in [4.78, 5) is 7.66. The van der Waals surface area contributed by atoms with Gasteiger partial charge in [-0.3, -0.25) is 0 Å². The van der Waals surface area contributed by atoms with Gasteiger partial charge in [-0.25, -0.2) is 4.98 Å². The Labute approximate surface area is 100 Å². The van der Waals surface area contributed by atoms with E-state index in [4.69, 9.17) is 10.2 Å². The molecule has 1 atom stereocenters. The summed E-state index contributed by atoms with van der Waals surface area (Å²) in [5.41, 5.74) is 9.42. The van der Waals surface area contributed by atoms with Crippen LogP contribution in [0.5, 0.6) is 0 Å². The third kappa shape index (κ3) is 1.89. The molecule has 17 heavy (non-hydrogen) atoms. The van der Waals surface area contributed by atoms with Gasteiger partial charge < -0.3 is 15.1 Å². The Kier molecular flexibility index (Phi) is 2.52. The zero-order valence-corrected chi connectivity index (χ0v) is 9.99. The molecule has 1 unspecified atom stereocenters. The van der Waals surface area contributed by atoms with Crippen molar-refractivity contribution in [2.45, 2.75) is 26.2 Å². The fraction of sp³-hybridized carbons (Fsp3) is 0.462. The van der Waals surface area contributed by atoms with Crippen LogP contribution >= 0.6 is 0 Å². The number of aromatic nitrogens is 2. The zero-order chi connectivity index (χ0) is 11.8. The van der Waals surface area contributed by atoms with Gasteiger partial charge in [-0.2, -0.15) is 0 Å². The lowest BCUT2D eigenvalue weighted by Gasteiger charge is -2.19. The molecule has 90 valence electrons. The Morgan fingerprint density at radius 1 is 1.59 bits per heavy atom. The van der Waals surface area contributed by atoms with Crippen LogP contribution in [0.1, 0.15) is 23.4 Å². The highest BCUT2D eigenvalue weighted by molar-refractivity contribution is 5.52. The van der Waals surface area contributed by atoms with Gasteiger partial charge >= 0.3 is 0 Å². The van der Waals surface area contributed by atoms with Crippen molar-refractivity contribution in [3.8, 4) is 11.6 Å². The number of aryl methyl sites for hydroxylation is 2. The third-order valence-corrected chi connectivity index (χ3v) is 3.49. The number of nitrogens with one attached hydrogen (secondary N) is 1. The number of H-pyrrole nitrogens is 1. The van der Waals surface area contributed by atoms with E-state index in [1.165, 1.54) is 17.7 Å². The molecule has 3 rings (SSSR count). The van der Waals surface area contributed by atoms with Gasteiger partial charge in [0, 0.05) is 5.69 Å². The van der Waals surface area contributed by atoms with Gasteiger partial charge in [0.05, 0.1) is 6.20 Å². The summed E-state index contributed by atoms with van der Waals surface area (Å²) in [5, 5.41) is 0. The summed E-state index contributed by atoms with van der Waals surface area (Å²) < 4.78 is 5.53. The van der Waals surface area contributed by atoms with Crippen LogP contribution in [0.25, 0.3) is 11.6 Å². The highest BCUT2D eigenvalue weighted by Crippen LogP contribution is 2.29. The summed E-state index contributed by atoms with van der Waals surface area (Å²) in [6.07, 6.45) is 5.09. The van der Waals surface area contributed by atoms with E-state index in [1.807, 2.05) is 6.92 Å². The molecule has 1 aliphatic carbocycles. The molecule has 0 spiro atoms. The van der Waals surface area contributed by atoms with Crippen LogP contribution in [0.2, 0.25) is 0 Å². The molecule has 0 saturated heterocycles. The highest BCUT2D eigenvalue weighted by atomic mass is 16.4. The summed E-state index contributed by atoms with van der Waals surface area (Å²) in [6, 6.07) is 2.16. The molecular formula is C13H17N3O. The number of oxazole rings is 1. The van der Waals surface area contributed by atoms with Gasteiger partial charge in [0.2, 0.25) is 5.89 Å². The summed E-state index contributed by atoms with van der Waals surface area (Å²) >= 11 is 0. The van der Waals surface area contributed by atoms with E-state index in [1.54, 1.807) is 6.20 Å². The first kappa shape index (κ1) is 10.6. The lowest BCUT2D eigenvalue weighted by atomic mass is 9.88. The van der Waals surface area contributed by atoms with E-state index in [0.29, 0.717) is 11.8 Å². The largest absolute Gasteiger partial charge is 0.440 e. The van der Waals surface area contributed by atoms with E-state index < -0.39 is 0 Å². The van der Waals surface area contributed by atoms with Crippen LogP contribution < -0.4 is 5.73 Å². The molecule has 0 saturated carbocycles. The minimum absolute atomic E-state index is 0.611. The van der Waals surface area contributed by atoms with E-state index in [2.05, 4.69) is 16.0 Å². The molecule has 0 amide bonds. The second-order valence-corrected chi connectivity index (χ2v) is 4.81. The number of nitrogens with zero attached hydrogens (tertiary/aromatic N) is 1. The van der Waals surface area contributed by atoms with Crippen molar-refractivity contribution < 1.29 is 4.42 Å². The lowest BCUT2D eigenvalue weighted by molar-refractivity contribution is 0.464. The number of fused-ring (bicyclic) bond motifs is 1. The first-order valence-electron chi connectivity index (χ1n) is 6.10. The predicted molar refractivity (Wildman–Crippen MR) is 65.6 cm³/mol. The topological polar surface area (TPSA) is 67.8 Å². The van der Waals surface area contributed by atoms with Crippen LogP contribution in [-0.2, 0) is 12.8 Å². The molecule has 3 N–H and O–H groups in total. The maximum Gasteiger partial charge on any atom is 0.243 e. The van der Waals surface area contributed by atoms with Crippen LogP contribution in [0.3, 0.4) is 0 Å². The quantitative estimate of drug-likeness (QED) is 0.831. The SMILES string of the molecule is Cc1cnc(-c2cc3c([nH]2)CC(CN)CC3)o1. The first-order chi connectivity index (χ1) is 8.26. The van der Waals surface area contributed by atoms with Crippen LogP contribution in [0.4, 0.5) is 0 Å². The second-order valence-electron chi connectivity index (χ2n) is 4.81. The van der Waals surface area contributed by atoms with Gasteiger partial charge in [0.15, 0.2) is 0 Å². The monoisotopic (exact) mass is 231 g/mol. The maximum absolute atomic E-state index is 5.74. The number of nitrogens with two attached hydrogens (primary N) is 1. The molecule has 2 heterocycles. The molecule has 2 aromatic heterocycles. The summed E-state index contributed by atoms with van der Waals surface area (Å²) in [5.74, 6) is 2.13. The normalized spacial score (nSPS) is 19.3. The first-order valence-corrected chi connectivity index (χ1v) is 6.10. The fourth-order valence-corrected chi connectivity index (χ4v) is 2.49. The van der Waals surface area contributed by atoms with Crippen molar-refractivity contribution in [3.63, 3.8) is 0 Å². The van der Waals surface area contributed by atoms with E-state index in [-0.39, 0.29) is 0 Å². The van der Waals surface area contributed by atoms with E-state index >= 15 is 0 Å². The van der Waals surface area contributed by atoms with Gasteiger partial charge in [0.1, 0.15) is 11.5 Å². The number of aromatic amines is 1. The van der Waals surface area contributed by atoms with E-state index in [0.717, 1.165) is 30.8 Å². The molecule has 0 aromatic carbocycles. The fourth-order valence-electron chi connectivity index (χ4n) is 2.49. The average Bonchev–Trinajstić information content (AvgIpc) is 2.93. The van der Waals surface area contributed by atoms with Crippen molar-refractivity contribution in [3.05, 3.63) is 29.3 Å². The Bertz CT molecular complexity index is 527. The van der Waals surface area contributed by atoms with Gasteiger partial charge in [0.25, 0.3) is 0 Å². The van der Waals surface area contributed by atoms with Gasteiger partial charge in [-0.05, 0) is 50.3 Å². The van der Waals surface area contributed by atoms with Gasteiger partial charge in [-0.15, -0.1) is 0 Å². The Hall–Kier alpha value is -1.55. The Balaban J connectivity index is 1.92. The molecule has 0 radical (unpaired) electrons. The van der Waals surface area contributed by atoms with E-state index in [9.17, 15) is 0 Å². The number of hydrogen-bond donors (Lipinski definition) is 2. The second kappa shape index (κ2) is 4.04. The minimum atomic E-state index is 0.611. The van der Waals surface area contributed by atoms with Crippen molar-refractivity contribution in [2.75, 3.05) is 6.54 Å². The van der Waals surface area contributed by atoms with Crippen LogP contribution in [0, 0.1) is 12.8 Å². The van der Waals surface area contributed by atoms with Crippen LogP contribution in [0.15, 0.2) is 16.7 Å². The molecule has 0 aliphatic heterocycles. The molecule has 0 bridgehead atoms. The number of rotatable bonds is 2.